The van der Waals surface area contributed by atoms with E-state index >= 15 is 0 Å². The van der Waals surface area contributed by atoms with E-state index in [1.807, 2.05) is 0 Å². The molecule has 0 unspecified atom stereocenters. The van der Waals surface area contributed by atoms with Gasteiger partial charge in [0.05, 0.1) is 0 Å². The summed E-state index contributed by atoms with van der Waals surface area (Å²) in [5.74, 6) is 0. The molecule has 0 aromatic rings. The van der Waals surface area contributed by atoms with Gasteiger partial charge in [0.25, 0.3) is 0 Å². The van der Waals surface area contributed by atoms with E-state index in [0.717, 1.165) is 38.9 Å². The van der Waals surface area contributed by atoms with Gasteiger partial charge in [-0.15, -0.1) is 0 Å². The third kappa shape index (κ3) is 5.29. The van der Waals surface area contributed by atoms with Gasteiger partial charge in [0.1, 0.15) is 0 Å². The Kier molecular flexibility index (Phi) is 7.76. The number of hydrogen-bond donors (Lipinski definition) is 0. The zero-order valence-corrected chi connectivity index (χ0v) is 13.1. The fourth-order valence-corrected chi connectivity index (χ4v) is 5.87. The quantitative estimate of drug-likeness (QED) is 0.344. The van der Waals surface area contributed by atoms with E-state index in [2.05, 4.69) is 13.8 Å². The molecular formula is C13H27ClO2Si. The van der Waals surface area contributed by atoms with E-state index in [9.17, 15) is 0 Å². The van der Waals surface area contributed by atoms with Crippen LogP contribution in [0.25, 0.3) is 0 Å². The number of unbranched alkanes of at least 4 members (excludes halogenated alkanes) is 2. The summed E-state index contributed by atoms with van der Waals surface area (Å²) in [5.41, 5.74) is 0.512. The van der Waals surface area contributed by atoms with Crippen LogP contribution in [-0.2, 0) is 8.85 Å². The molecule has 4 heteroatoms. The molecule has 0 N–H and O–H groups in total. The average Bonchev–Trinajstić information content (AvgIpc) is 2.84. The monoisotopic (exact) mass is 278 g/mol. The Morgan fingerprint density at radius 2 is 1.47 bits per heavy atom. The second-order valence-electron chi connectivity index (χ2n) is 4.97. The molecule has 2 nitrogen and oxygen atoms in total. The third-order valence-electron chi connectivity index (χ3n) is 3.44. The van der Waals surface area contributed by atoms with E-state index in [1.165, 1.54) is 25.7 Å². The maximum atomic E-state index is 6.71. The van der Waals surface area contributed by atoms with Crippen molar-refractivity contribution in [2.45, 2.75) is 70.8 Å². The molecule has 0 saturated heterocycles. The fourth-order valence-electron chi connectivity index (χ4n) is 2.26. The van der Waals surface area contributed by atoms with Crippen LogP contribution in [-0.4, -0.2) is 21.1 Å². The van der Waals surface area contributed by atoms with Crippen LogP contribution in [0.4, 0.5) is 0 Å². The lowest BCUT2D eigenvalue weighted by atomic mass is 10.4. The van der Waals surface area contributed by atoms with E-state index in [-0.39, 0.29) is 0 Å². The van der Waals surface area contributed by atoms with Gasteiger partial charge in [-0.25, -0.2) is 0 Å². The van der Waals surface area contributed by atoms with Crippen LogP contribution in [0.5, 0.6) is 0 Å². The van der Waals surface area contributed by atoms with Gasteiger partial charge in [-0.2, -0.15) is 0 Å². The second kappa shape index (κ2) is 8.52. The summed E-state index contributed by atoms with van der Waals surface area (Å²) >= 11 is 6.71. The maximum Gasteiger partial charge on any atom is 0.446 e. The van der Waals surface area contributed by atoms with Crippen molar-refractivity contribution in [1.29, 1.82) is 0 Å². The lowest BCUT2D eigenvalue weighted by molar-refractivity contribution is 0.172. The minimum atomic E-state index is -2.42. The van der Waals surface area contributed by atoms with E-state index < -0.39 is 7.87 Å². The highest BCUT2D eigenvalue weighted by Crippen LogP contribution is 2.42. The number of rotatable bonds is 9. The first kappa shape index (κ1) is 15.5. The highest BCUT2D eigenvalue weighted by Gasteiger charge is 2.46. The minimum absolute atomic E-state index is 0.512. The van der Waals surface area contributed by atoms with Gasteiger partial charge in [-0.1, -0.05) is 50.6 Å². The van der Waals surface area contributed by atoms with E-state index in [1.54, 1.807) is 0 Å². The van der Waals surface area contributed by atoms with Gasteiger partial charge in [0, 0.05) is 18.8 Å². The Balaban J connectivity index is 2.42. The highest BCUT2D eigenvalue weighted by molar-refractivity contribution is 7.13. The van der Waals surface area contributed by atoms with E-state index in [0.29, 0.717) is 5.54 Å². The van der Waals surface area contributed by atoms with Gasteiger partial charge in [-0.3, -0.25) is 0 Å². The molecule has 0 amide bonds. The zero-order valence-electron chi connectivity index (χ0n) is 11.3. The fraction of sp³-hybridized carbons (Fsp3) is 1.00. The third-order valence-corrected chi connectivity index (χ3v) is 7.76. The smallest absolute Gasteiger partial charge is 0.383 e. The topological polar surface area (TPSA) is 18.5 Å². The second-order valence-corrected chi connectivity index (χ2v) is 9.11. The molecule has 0 radical (unpaired) electrons. The molecule has 1 saturated carbocycles. The molecular weight excluding hydrogens is 252 g/mol. The minimum Gasteiger partial charge on any atom is -0.383 e. The van der Waals surface area contributed by atoms with Crippen molar-refractivity contribution in [1.82, 2.24) is 0 Å². The summed E-state index contributed by atoms with van der Waals surface area (Å²) in [6.07, 6.45) is 9.47. The van der Waals surface area contributed by atoms with Crippen LogP contribution >= 0.6 is 11.1 Å². The van der Waals surface area contributed by atoms with Crippen molar-refractivity contribution in [3.05, 3.63) is 0 Å². The highest BCUT2D eigenvalue weighted by atomic mass is 35.6. The molecule has 0 atom stereocenters. The molecule has 1 aliphatic rings. The molecule has 1 rings (SSSR count). The Bertz CT molecular complexity index is 186. The summed E-state index contributed by atoms with van der Waals surface area (Å²) < 4.78 is 12.0. The van der Waals surface area contributed by atoms with E-state index in [4.69, 9.17) is 19.9 Å². The lowest BCUT2D eigenvalue weighted by Crippen LogP contribution is -2.41. The molecule has 0 spiro atoms. The van der Waals surface area contributed by atoms with Crippen molar-refractivity contribution in [2.24, 2.45) is 0 Å². The zero-order chi connectivity index (χ0) is 12.6. The summed E-state index contributed by atoms with van der Waals surface area (Å²) in [4.78, 5) is 0. The van der Waals surface area contributed by atoms with Crippen molar-refractivity contribution in [2.75, 3.05) is 13.2 Å². The Hall–Kier alpha value is 0.427. The standard InChI is InChI=1S/C13H27ClO2Si/c1-3-5-11-15-17(14,16-12-6-4-2)13-9-7-8-10-13/h13H,3-12H2,1-2H3. The first-order chi connectivity index (χ1) is 8.23. The summed E-state index contributed by atoms with van der Waals surface area (Å²) in [5, 5.41) is 0. The molecule has 0 aromatic carbocycles. The molecule has 0 aliphatic heterocycles. The first-order valence-corrected chi connectivity index (χ1v) is 10.1. The van der Waals surface area contributed by atoms with Crippen molar-refractivity contribution >= 4 is 18.9 Å². The molecule has 1 aliphatic carbocycles. The van der Waals surface area contributed by atoms with Crippen LogP contribution in [0.3, 0.4) is 0 Å². The molecule has 1 fully saturated rings. The maximum absolute atomic E-state index is 6.71. The van der Waals surface area contributed by atoms with Crippen molar-refractivity contribution < 1.29 is 8.85 Å². The van der Waals surface area contributed by atoms with Crippen LogP contribution in [0.2, 0.25) is 5.54 Å². The number of hydrogen-bond acceptors (Lipinski definition) is 2. The van der Waals surface area contributed by atoms with Gasteiger partial charge >= 0.3 is 7.87 Å². The van der Waals surface area contributed by atoms with Crippen LogP contribution < -0.4 is 0 Å². The molecule has 0 aromatic heterocycles. The van der Waals surface area contributed by atoms with Gasteiger partial charge < -0.3 is 8.85 Å². The van der Waals surface area contributed by atoms with Crippen molar-refractivity contribution in [3.63, 3.8) is 0 Å². The Morgan fingerprint density at radius 3 is 1.88 bits per heavy atom. The molecule has 17 heavy (non-hydrogen) atoms. The predicted octanol–water partition coefficient (Wildman–Crippen LogP) is 4.74. The molecule has 0 heterocycles. The summed E-state index contributed by atoms with van der Waals surface area (Å²) in [6, 6.07) is 0. The first-order valence-electron chi connectivity index (χ1n) is 7.19. The molecule has 0 bridgehead atoms. The normalized spacial score (nSPS) is 17.8. The predicted molar refractivity (Wildman–Crippen MR) is 75.5 cm³/mol. The Morgan fingerprint density at radius 1 is 1.00 bits per heavy atom. The summed E-state index contributed by atoms with van der Waals surface area (Å²) in [6.45, 7) is 5.90. The molecule has 102 valence electrons. The van der Waals surface area contributed by atoms with Gasteiger partial charge in [0.15, 0.2) is 0 Å². The average molecular weight is 279 g/mol. The largest absolute Gasteiger partial charge is 0.446 e. The summed E-state index contributed by atoms with van der Waals surface area (Å²) in [7, 11) is -2.42. The number of halogens is 1. The van der Waals surface area contributed by atoms with Crippen LogP contribution in [0.1, 0.15) is 65.2 Å². The van der Waals surface area contributed by atoms with Gasteiger partial charge in [0.2, 0.25) is 0 Å². The van der Waals surface area contributed by atoms with Crippen LogP contribution in [0.15, 0.2) is 0 Å². The lowest BCUT2D eigenvalue weighted by Gasteiger charge is -2.29. The van der Waals surface area contributed by atoms with Crippen LogP contribution in [0, 0.1) is 0 Å². The van der Waals surface area contributed by atoms with Gasteiger partial charge in [-0.05, 0) is 25.7 Å². The SMILES string of the molecule is CCCCO[Si](Cl)(OCCCC)C1CCCC1. The Labute approximate surface area is 112 Å². The van der Waals surface area contributed by atoms with Crippen molar-refractivity contribution in [3.8, 4) is 0 Å².